The summed E-state index contributed by atoms with van der Waals surface area (Å²) in [6, 6.07) is 5.01. The van der Waals surface area contributed by atoms with Crippen LogP contribution < -0.4 is 9.80 Å². The van der Waals surface area contributed by atoms with Crippen molar-refractivity contribution in [1.29, 1.82) is 0 Å². The summed E-state index contributed by atoms with van der Waals surface area (Å²) in [7, 11) is 0. The number of anilines is 2. The maximum atomic E-state index is 13.9. The normalized spacial score (nSPS) is 18.2. The number of nitrogens with zero attached hydrogens (tertiary/aromatic N) is 4. The van der Waals surface area contributed by atoms with Gasteiger partial charge in [0.15, 0.2) is 5.82 Å². The van der Waals surface area contributed by atoms with Crippen molar-refractivity contribution in [3.63, 3.8) is 0 Å². The van der Waals surface area contributed by atoms with E-state index in [0.29, 0.717) is 18.3 Å². The van der Waals surface area contributed by atoms with E-state index >= 15 is 0 Å². The lowest BCUT2D eigenvalue weighted by molar-refractivity contribution is 0.0778. The number of ether oxygens (including phenoxy) is 1. The van der Waals surface area contributed by atoms with Crippen molar-refractivity contribution in [2.75, 3.05) is 42.6 Å². The standard InChI is InChI=1S/C19H25FN4O2/c1-2-7-23-8-9-24(17-12-15(20)3-4-16(17)23)13-18-21-19(26-22-18)14-5-10-25-11-6-14/h3-4,12,14H,2,5-11,13H2,1H3. The zero-order valence-electron chi connectivity index (χ0n) is 15.2. The van der Waals surface area contributed by atoms with Gasteiger partial charge in [0.1, 0.15) is 5.82 Å². The summed E-state index contributed by atoms with van der Waals surface area (Å²) in [5, 5.41) is 4.16. The number of benzene rings is 1. The van der Waals surface area contributed by atoms with Crippen LogP contribution in [-0.2, 0) is 11.3 Å². The Morgan fingerprint density at radius 3 is 2.77 bits per heavy atom. The molecule has 0 radical (unpaired) electrons. The average molecular weight is 360 g/mol. The molecule has 1 fully saturated rings. The molecular weight excluding hydrogens is 335 g/mol. The Balaban J connectivity index is 1.52. The van der Waals surface area contributed by atoms with Crippen molar-refractivity contribution in [2.24, 2.45) is 0 Å². The van der Waals surface area contributed by atoms with Gasteiger partial charge in [0, 0.05) is 38.8 Å². The molecule has 0 saturated carbocycles. The largest absolute Gasteiger partial charge is 0.381 e. The van der Waals surface area contributed by atoms with E-state index in [4.69, 9.17) is 9.26 Å². The van der Waals surface area contributed by atoms with Crippen molar-refractivity contribution in [3.05, 3.63) is 35.7 Å². The molecule has 0 atom stereocenters. The average Bonchev–Trinajstić information content (AvgIpc) is 3.13. The number of aromatic nitrogens is 2. The van der Waals surface area contributed by atoms with Gasteiger partial charge in [-0.3, -0.25) is 0 Å². The van der Waals surface area contributed by atoms with Crippen LogP contribution in [0.3, 0.4) is 0 Å². The first-order valence-corrected chi connectivity index (χ1v) is 9.44. The Morgan fingerprint density at radius 2 is 1.96 bits per heavy atom. The molecule has 0 N–H and O–H groups in total. The smallest absolute Gasteiger partial charge is 0.229 e. The summed E-state index contributed by atoms with van der Waals surface area (Å²) >= 11 is 0. The fourth-order valence-corrected chi connectivity index (χ4v) is 3.78. The van der Waals surface area contributed by atoms with E-state index in [-0.39, 0.29) is 11.7 Å². The van der Waals surface area contributed by atoms with Gasteiger partial charge < -0.3 is 19.1 Å². The minimum atomic E-state index is -0.219. The maximum Gasteiger partial charge on any atom is 0.229 e. The van der Waals surface area contributed by atoms with Gasteiger partial charge in [0.2, 0.25) is 5.89 Å². The Kier molecular flexibility index (Phi) is 5.06. The number of fused-ring (bicyclic) bond motifs is 1. The molecular formula is C19H25FN4O2. The van der Waals surface area contributed by atoms with Gasteiger partial charge in [-0.05, 0) is 37.5 Å². The van der Waals surface area contributed by atoms with Crippen LogP contribution in [0.1, 0.15) is 43.8 Å². The molecule has 0 amide bonds. The highest BCUT2D eigenvalue weighted by Gasteiger charge is 2.26. The maximum absolute atomic E-state index is 13.9. The van der Waals surface area contributed by atoms with Crippen LogP contribution in [0.15, 0.2) is 22.7 Å². The third kappa shape index (κ3) is 3.53. The van der Waals surface area contributed by atoms with Crippen LogP contribution in [0.25, 0.3) is 0 Å². The Hall–Kier alpha value is -2.15. The third-order valence-electron chi connectivity index (χ3n) is 5.14. The molecule has 2 aromatic rings. The second kappa shape index (κ2) is 7.61. The molecule has 3 heterocycles. The molecule has 0 aliphatic carbocycles. The SMILES string of the molecule is CCCN1CCN(Cc2noc(C3CCOCC3)n2)c2cc(F)ccc21. The van der Waals surface area contributed by atoms with Crippen LogP contribution in [0.4, 0.5) is 15.8 Å². The van der Waals surface area contributed by atoms with Gasteiger partial charge >= 0.3 is 0 Å². The number of hydrogen-bond donors (Lipinski definition) is 0. The summed E-state index contributed by atoms with van der Waals surface area (Å²) in [4.78, 5) is 9.05. The molecule has 140 valence electrons. The van der Waals surface area contributed by atoms with Crippen molar-refractivity contribution < 1.29 is 13.7 Å². The summed E-state index contributed by atoms with van der Waals surface area (Å²) in [6.45, 7) is 6.88. The zero-order chi connectivity index (χ0) is 17.9. The van der Waals surface area contributed by atoms with E-state index in [9.17, 15) is 4.39 Å². The van der Waals surface area contributed by atoms with Crippen LogP contribution in [0.2, 0.25) is 0 Å². The van der Waals surface area contributed by atoms with E-state index in [2.05, 4.69) is 26.9 Å². The topological polar surface area (TPSA) is 54.6 Å². The molecule has 2 aliphatic heterocycles. The van der Waals surface area contributed by atoms with E-state index < -0.39 is 0 Å². The van der Waals surface area contributed by atoms with Gasteiger partial charge in [-0.15, -0.1) is 0 Å². The molecule has 1 aromatic carbocycles. The molecule has 0 spiro atoms. The van der Waals surface area contributed by atoms with Gasteiger partial charge in [-0.2, -0.15) is 4.98 Å². The highest BCUT2D eigenvalue weighted by atomic mass is 19.1. The molecule has 7 heteroatoms. The summed E-state index contributed by atoms with van der Waals surface area (Å²) in [5.74, 6) is 1.43. The van der Waals surface area contributed by atoms with Gasteiger partial charge in [-0.1, -0.05) is 12.1 Å². The third-order valence-corrected chi connectivity index (χ3v) is 5.14. The highest BCUT2D eigenvalue weighted by Crippen LogP contribution is 2.34. The van der Waals surface area contributed by atoms with Crippen molar-refractivity contribution in [2.45, 2.75) is 38.6 Å². The summed E-state index contributed by atoms with van der Waals surface area (Å²) < 4.78 is 24.7. The first-order chi connectivity index (χ1) is 12.7. The predicted octanol–water partition coefficient (Wildman–Crippen LogP) is 3.34. The summed E-state index contributed by atoms with van der Waals surface area (Å²) in [6.07, 6.45) is 2.91. The van der Waals surface area contributed by atoms with Crippen molar-refractivity contribution in [1.82, 2.24) is 10.1 Å². The zero-order valence-corrected chi connectivity index (χ0v) is 15.2. The molecule has 0 unspecified atom stereocenters. The van der Waals surface area contributed by atoms with E-state index in [1.165, 1.54) is 6.07 Å². The lowest BCUT2D eigenvalue weighted by atomic mass is 10.0. The molecule has 26 heavy (non-hydrogen) atoms. The van der Waals surface area contributed by atoms with E-state index in [1.54, 1.807) is 6.07 Å². The molecule has 2 aliphatic rings. The minimum absolute atomic E-state index is 0.219. The molecule has 4 rings (SSSR count). The van der Waals surface area contributed by atoms with Crippen LogP contribution >= 0.6 is 0 Å². The second-order valence-electron chi connectivity index (χ2n) is 6.98. The van der Waals surface area contributed by atoms with E-state index in [1.807, 2.05) is 6.07 Å². The van der Waals surface area contributed by atoms with Crippen LogP contribution in [-0.4, -0.2) is 43.0 Å². The van der Waals surface area contributed by atoms with Crippen LogP contribution in [0, 0.1) is 5.82 Å². The Labute approximate surface area is 152 Å². The fourth-order valence-electron chi connectivity index (χ4n) is 3.78. The lowest BCUT2D eigenvalue weighted by Gasteiger charge is -2.38. The molecule has 1 saturated heterocycles. The predicted molar refractivity (Wildman–Crippen MR) is 97.0 cm³/mol. The second-order valence-corrected chi connectivity index (χ2v) is 6.98. The molecule has 0 bridgehead atoms. The molecule has 6 nitrogen and oxygen atoms in total. The summed E-state index contributed by atoms with van der Waals surface area (Å²) in [5.41, 5.74) is 1.98. The van der Waals surface area contributed by atoms with Gasteiger partial charge in [0.25, 0.3) is 0 Å². The Bertz CT molecular complexity index is 745. The molecule has 1 aromatic heterocycles. The van der Waals surface area contributed by atoms with Gasteiger partial charge in [0.05, 0.1) is 17.9 Å². The first kappa shape index (κ1) is 17.3. The minimum Gasteiger partial charge on any atom is -0.381 e. The first-order valence-electron chi connectivity index (χ1n) is 9.44. The van der Waals surface area contributed by atoms with Crippen molar-refractivity contribution >= 4 is 11.4 Å². The van der Waals surface area contributed by atoms with Gasteiger partial charge in [-0.25, -0.2) is 4.39 Å². The fraction of sp³-hybridized carbons (Fsp3) is 0.579. The number of rotatable bonds is 5. The number of hydrogen-bond acceptors (Lipinski definition) is 6. The number of halogens is 1. The van der Waals surface area contributed by atoms with Crippen LogP contribution in [0.5, 0.6) is 0 Å². The highest BCUT2D eigenvalue weighted by molar-refractivity contribution is 5.73. The van der Waals surface area contributed by atoms with Crippen molar-refractivity contribution in [3.8, 4) is 0 Å². The van der Waals surface area contributed by atoms with E-state index in [0.717, 1.165) is 63.5 Å². The Morgan fingerprint density at radius 1 is 1.15 bits per heavy atom. The lowest BCUT2D eigenvalue weighted by Crippen LogP contribution is -2.41. The quantitative estimate of drug-likeness (QED) is 0.815. The monoisotopic (exact) mass is 360 g/mol.